The molecule has 0 aromatic carbocycles. The number of aromatic nitrogens is 2. The molecule has 1 N–H and O–H groups in total. The number of hydrogen-bond acceptors (Lipinski definition) is 1. The van der Waals surface area contributed by atoms with Crippen LogP contribution in [0.5, 0.6) is 0 Å². The highest BCUT2D eigenvalue weighted by atomic mass is 16.1. The average Bonchev–Trinajstić information content (AvgIpc) is 2.43. The molecule has 0 spiro atoms. The number of rotatable bonds is 4. The Labute approximate surface area is 72.4 Å². The van der Waals surface area contributed by atoms with Crippen molar-refractivity contribution in [1.29, 1.82) is 0 Å². The molecule has 0 atom stereocenters. The van der Waals surface area contributed by atoms with E-state index >= 15 is 0 Å². The van der Waals surface area contributed by atoms with Gasteiger partial charge in [0.05, 0.1) is 0 Å². The SMILES string of the molecule is CCCCc1c[nH]n(CC)c1=O. The maximum absolute atomic E-state index is 11.4. The maximum atomic E-state index is 11.4. The first kappa shape index (κ1) is 9.10. The summed E-state index contributed by atoms with van der Waals surface area (Å²) >= 11 is 0. The van der Waals surface area contributed by atoms with Gasteiger partial charge < -0.3 is 5.10 Å². The van der Waals surface area contributed by atoms with Gasteiger partial charge in [-0.25, -0.2) is 0 Å². The number of hydrogen-bond donors (Lipinski definition) is 1. The van der Waals surface area contributed by atoms with Crippen LogP contribution in [-0.4, -0.2) is 9.78 Å². The fourth-order valence-electron chi connectivity index (χ4n) is 1.23. The van der Waals surface area contributed by atoms with Crippen molar-refractivity contribution in [3.8, 4) is 0 Å². The highest BCUT2D eigenvalue weighted by Gasteiger charge is 2.02. The summed E-state index contributed by atoms with van der Waals surface area (Å²) in [6.45, 7) is 4.82. The van der Waals surface area contributed by atoms with Crippen LogP contribution in [0, 0.1) is 0 Å². The van der Waals surface area contributed by atoms with Crippen molar-refractivity contribution in [3.63, 3.8) is 0 Å². The summed E-state index contributed by atoms with van der Waals surface area (Å²) in [5, 5.41) is 2.94. The molecule has 1 aromatic heterocycles. The standard InChI is InChI=1S/C9H16N2O/c1-3-5-6-8-7-10-11(4-2)9(8)12/h7,10H,3-6H2,1-2H3. The second-order valence-corrected chi connectivity index (χ2v) is 2.95. The Morgan fingerprint density at radius 1 is 1.50 bits per heavy atom. The van der Waals surface area contributed by atoms with Gasteiger partial charge in [-0.3, -0.25) is 9.48 Å². The summed E-state index contributed by atoms with van der Waals surface area (Å²) in [4.78, 5) is 11.4. The third-order valence-corrected chi connectivity index (χ3v) is 2.03. The van der Waals surface area contributed by atoms with E-state index in [1.54, 1.807) is 4.68 Å². The molecule has 0 amide bonds. The van der Waals surface area contributed by atoms with Crippen molar-refractivity contribution in [2.75, 3.05) is 0 Å². The number of nitrogens with one attached hydrogen (secondary N) is 1. The van der Waals surface area contributed by atoms with Gasteiger partial charge in [-0.1, -0.05) is 13.3 Å². The molecule has 1 aromatic rings. The van der Waals surface area contributed by atoms with E-state index in [1.165, 1.54) is 0 Å². The molecule has 68 valence electrons. The summed E-state index contributed by atoms with van der Waals surface area (Å²) in [5.74, 6) is 0. The Hall–Kier alpha value is -0.990. The van der Waals surface area contributed by atoms with E-state index < -0.39 is 0 Å². The second-order valence-electron chi connectivity index (χ2n) is 2.95. The van der Waals surface area contributed by atoms with Gasteiger partial charge in [0.15, 0.2) is 0 Å². The Morgan fingerprint density at radius 3 is 2.75 bits per heavy atom. The topological polar surface area (TPSA) is 37.8 Å². The summed E-state index contributed by atoms with van der Waals surface area (Å²) in [5.41, 5.74) is 1.06. The third-order valence-electron chi connectivity index (χ3n) is 2.03. The normalized spacial score (nSPS) is 10.5. The number of aromatic amines is 1. The Morgan fingerprint density at radius 2 is 2.25 bits per heavy atom. The highest BCUT2D eigenvalue weighted by molar-refractivity contribution is 5.04. The van der Waals surface area contributed by atoms with Crippen molar-refractivity contribution in [2.45, 2.75) is 39.7 Å². The number of aryl methyl sites for hydroxylation is 2. The van der Waals surface area contributed by atoms with Gasteiger partial charge in [-0.15, -0.1) is 0 Å². The van der Waals surface area contributed by atoms with E-state index in [4.69, 9.17) is 0 Å². The molecule has 0 saturated heterocycles. The lowest BCUT2D eigenvalue weighted by molar-refractivity contribution is 0.635. The molecule has 0 unspecified atom stereocenters. The second kappa shape index (κ2) is 4.14. The van der Waals surface area contributed by atoms with Crippen LogP contribution in [0.15, 0.2) is 11.0 Å². The van der Waals surface area contributed by atoms with Crippen LogP contribution in [0.3, 0.4) is 0 Å². The first-order chi connectivity index (χ1) is 5.79. The number of unbranched alkanes of at least 4 members (excludes halogenated alkanes) is 1. The van der Waals surface area contributed by atoms with Crippen molar-refractivity contribution in [2.24, 2.45) is 0 Å². The van der Waals surface area contributed by atoms with E-state index in [2.05, 4.69) is 12.0 Å². The minimum Gasteiger partial charge on any atom is -0.303 e. The zero-order chi connectivity index (χ0) is 8.97. The molecule has 0 bridgehead atoms. The van der Waals surface area contributed by atoms with Crippen molar-refractivity contribution in [1.82, 2.24) is 9.78 Å². The lowest BCUT2D eigenvalue weighted by Gasteiger charge is -1.92. The fraction of sp³-hybridized carbons (Fsp3) is 0.667. The zero-order valence-corrected chi connectivity index (χ0v) is 7.76. The van der Waals surface area contributed by atoms with Gasteiger partial charge in [-0.05, 0) is 19.8 Å². The molecule has 0 saturated carbocycles. The molecular formula is C9H16N2O. The van der Waals surface area contributed by atoms with Gasteiger partial charge in [0.1, 0.15) is 0 Å². The Bertz CT molecular complexity index is 285. The van der Waals surface area contributed by atoms with E-state index in [1.807, 2.05) is 13.1 Å². The van der Waals surface area contributed by atoms with E-state index in [9.17, 15) is 4.79 Å². The predicted octanol–water partition coefficient (Wildman–Crippen LogP) is 1.54. The molecule has 3 nitrogen and oxygen atoms in total. The molecule has 1 rings (SSSR count). The highest BCUT2D eigenvalue weighted by Crippen LogP contribution is 1.97. The Balaban J connectivity index is 2.73. The average molecular weight is 168 g/mol. The van der Waals surface area contributed by atoms with Gasteiger partial charge >= 0.3 is 0 Å². The van der Waals surface area contributed by atoms with Crippen LogP contribution < -0.4 is 5.56 Å². The van der Waals surface area contributed by atoms with Crippen LogP contribution >= 0.6 is 0 Å². The van der Waals surface area contributed by atoms with Crippen LogP contribution in [0.2, 0.25) is 0 Å². The molecule has 0 radical (unpaired) electrons. The van der Waals surface area contributed by atoms with Gasteiger partial charge in [0, 0.05) is 18.3 Å². The molecule has 0 aliphatic rings. The maximum Gasteiger partial charge on any atom is 0.269 e. The minimum absolute atomic E-state index is 0.144. The van der Waals surface area contributed by atoms with E-state index in [-0.39, 0.29) is 5.56 Å². The first-order valence-corrected chi connectivity index (χ1v) is 4.56. The number of H-pyrrole nitrogens is 1. The minimum atomic E-state index is 0.144. The Kier molecular flexibility index (Phi) is 3.14. The summed E-state index contributed by atoms with van der Waals surface area (Å²) in [6, 6.07) is 0. The fourth-order valence-corrected chi connectivity index (χ4v) is 1.23. The van der Waals surface area contributed by atoms with Gasteiger partial charge in [-0.2, -0.15) is 0 Å². The van der Waals surface area contributed by atoms with Crippen LogP contribution in [0.25, 0.3) is 0 Å². The van der Waals surface area contributed by atoms with Crippen molar-refractivity contribution in [3.05, 3.63) is 22.1 Å². The molecule has 0 fully saturated rings. The molecule has 12 heavy (non-hydrogen) atoms. The smallest absolute Gasteiger partial charge is 0.269 e. The summed E-state index contributed by atoms with van der Waals surface area (Å²) in [6.07, 6.45) is 4.95. The van der Waals surface area contributed by atoms with Crippen molar-refractivity contribution >= 4 is 0 Å². The van der Waals surface area contributed by atoms with E-state index in [0.717, 1.165) is 31.4 Å². The lowest BCUT2D eigenvalue weighted by Crippen LogP contribution is -2.17. The largest absolute Gasteiger partial charge is 0.303 e. The number of nitrogens with zero attached hydrogens (tertiary/aromatic N) is 1. The molecule has 0 aliphatic carbocycles. The zero-order valence-electron chi connectivity index (χ0n) is 7.76. The van der Waals surface area contributed by atoms with Crippen LogP contribution in [0.4, 0.5) is 0 Å². The molecular weight excluding hydrogens is 152 g/mol. The van der Waals surface area contributed by atoms with Gasteiger partial charge in [0.2, 0.25) is 0 Å². The third kappa shape index (κ3) is 1.78. The summed E-state index contributed by atoms with van der Waals surface area (Å²) in [7, 11) is 0. The molecule has 1 heterocycles. The van der Waals surface area contributed by atoms with Crippen LogP contribution in [-0.2, 0) is 13.0 Å². The monoisotopic (exact) mass is 168 g/mol. The summed E-state index contributed by atoms with van der Waals surface area (Å²) < 4.78 is 1.63. The lowest BCUT2D eigenvalue weighted by atomic mass is 10.2. The van der Waals surface area contributed by atoms with Crippen LogP contribution in [0.1, 0.15) is 32.3 Å². The van der Waals surface area contributed by atoms with E-state index in [0.29, 0.717) is 0 Å². The first-order valence-electron chi connectivity index (χ1n) is 4.56. The van der Waals surface area contributed by atoms with Crippen molar-refractivity contribution < 1.29 is 0 Å². The molecule has 3 heteroatoms. The molecule has 0 aliphatic heterocycles. The predicted molar refractivity (Wildman–Crippen MR) is 49.3 cm³/mol. The van der Waals surface area contributed by atoms with Gasteiger partial charge in [0.25, 0.3) is 5.56 Å². The quantitative estimate of drug-likeness (QED) is 0.727.